The molecule has 1 N–H and O–H groups in total. The molecule has 19 heavy (non-hydrogen) atoms. The molecule has 0 aliphatic heterocycles. The maximum Gasteiger partial charge on any atom is 0.183 e. The Balaban J connectivity index is 2.77. The van der Waals surface area contributed by atoms with Crippen molar-refractivity contribution in [3.63, 3.8) is 0 Å². The number of para-hydroxylation sites is 1. The van der Waals surface area contributed by atoms with E-state index in [-0.39, 0.29) is 16.4 Å². The molecule has 0 unspecified atom stereocenters. The minimum atomic E-state index is -3.48. The number of aromatic hydroxyl groups is 1. The van der Waals surface area contributed by atoms with Gasteiger partial charge in [0.05, 0.1) is 5.75 Å². The third-order valence-electron chi connectivity index (χ3n) is 2.65. The van der Waals surface area contributed by atoms with Crippen LogP contribution in [0.5, 0.6) is 5.75 Å². The molecule has 0 amide bonds. The second-order valence-corrected chi connectivity index (χ2v) is 6.20. The van der Waals surface area contributed by atoms with E-state index in [1.165, 1.54) is 12.1 Å². The fourth-order valence-corrected chi connectivity index (χ4v) is 3.09. The van der Waals surface area contributed by atoms with E-state index in [9.17, 15) is 13.5 Å². The molecule has 0 heterocycles. The van der Waals surface area contributed by atoms with Gasteiger partial charge in [-0.3, -0.25) is 4.90 Å². The lowest BCUT2D eigenvalue weighted by Crippen LogP contribution is -2.29. The normalized spacial score (nSPS) is 11.4. The molecule has 0 atom stereocenters. The fraction of sp³-hybridized carbons (Fsp3) is 0.286. The van der Waals surface area contributed by atoms with Crippen molar-refractivity contribution >= 4 is 9.84 Å². The summed E-state index contributed by atoms with van der Waals surface area (Å²) in [5.41, 5.74) is 0. The predicted octanol–water partition coefficient (Wildman–Crippen LogP) is 1.84. The van der Waals surface area contributed by atoms with Gasteiger partial charge >= 0.3 is 0 Å². The van der Waals surface area contributed by atoms with Crippen molar-refractivity contribution in [2.45, 2.75) is 4.90 Å². The predicted molar refractivity (Wildman–Crippen MR) is 77.0 cm³/mol. The van der Waals surface area contributed by atoms with Crippen LogP contribution in [0.15, 0.2) is 54.5 Å². The molecule has 0 saturated heterocycles. The molecule has 0 aliphatic carbocycles. The summed E-state index contributed by atoms with van der Waals surface area (Å²) in [7, 11) is -3.48. The van der Waals surface area contributed by atoms with Crippen LogP contribution < -0.4 is 0 Å². The van der Waals surface area contributed by atoms with Gasteiger partial charge in [0.2, 0.25) is 0 Å². The van der Waals surface area contributed by atoms with E-state index in [1.54, 1.807) is 24.3 Å². The highest BCUT2D eigenvalue weighted by atomic mass is 32.2. The summed E-state index contributed by atoms with van der Waals surface area (Å²) in [5.74, 6) is -0.256. The maximum absolute atomic E-state index is 12.1. The first-order valence-corrected chi connectivity index (χ1v) is 7.61. The lowest BCUT2D eigenvalue weighted by atomic mass is 10.3. The highest BCUT2D eigenvalue weighted by molar-refractivity contribution is 7.91. The Hall–Kier alpha value is -1.59. The van der Waals surface area contributed by atoms with Crippen molar-refractivity contribution in [2.24, 2.45) is 0 Å². The number of hydrogen-bond donors (Lipinski definition) is 1. The van der Waals surface area contributed by atoms with Crippen LogP contribution in [0.4, 0.5) is 0 Å². The van der Waals surface area contributed by atoms with Crippen molar-refractivity contribution in [1.29, 1.82) is 0 Å². The summed E-state index contributed by atoms with van der Waals surface area (Å²) in [5, 5.41) is 9.59. The molecule has 0 bridgehead atoms. The van der Waals surface area contributed by atoms with Crippen molar-refractivity contribution in [3.8, 4) is 5.75 Å². The van der Waals surface area contributed by atoms with Crippen molar-refractivity contribution in [2.75, 3.05) is 25.4 Å². The molecular formula is C14H19NO3S. The zero-order valence-corrected chi connectivity index (χ0v) is 11.6. The number of hydrogen-bond acceptors (Lipinski definition) is 4. The van der Waals surface area contributed by atoms with Gasteiger partial charge < -0.3 is 5.11 Å². The maximum atomic E-state index is 12.1. The van der Waals surface area contributed by atoms with E-state index in [4.69, 9.17) is 0 Å². The number of phenols is 1. The molecule has 1 rings (SSSR count). The first-order chi connectivity index (χ1) is 9.01. The van der Waals surface area contributed by atoms with Gasteiger partial charge in [-0.15, -0.1) is 13.2 Å². The highest BCUT2D eigenvalue weighted by Gasteiger charge is 2.19. The van der Waals surface area contributed by atoms with Gasteiger partial charge in [-0.25, -0.2) is 8.42 Å². The number of benzene rings is 1. The number of nitrogens with zero attached hydrogens (tertiary/aromatic N) is 1. The van der Waals surface area contributed by atoms with Crippen molar-refractivity contribution in [3.05, 3.63) is 49.6 Å². The average Bonchev–Trinajstić information content (AvgIpc) is 2.37. The molecule has 0 aliphatic rings. The molecule has 0 radical (unpaired) electrons. The Labute approximate surface area is 114 Å². The first-order valence-electron chi connectivity index (χ1n) is 5.96. The standard InChI is InChI=1S/C14H19NO3S/c1-3-9-15(10-4-2)11-12-19(17,18)14-8-6-5-7-13(14)16/h3-8,16H,1-2,9-12H2. The second-order valence-electron chi connectivity index (χ2n) is 4.12. The van der Waals surface area contributed by atoms with Gasteiger partial charge in [-0.2, -0.15) is 0 Å². The SMILES string of the molecule is C=CCN(CC=C)CCS(=O)(=O)c1ccccc1O. The monoisotopic (exact) mass is 281 g/mol. The van der Waals surface area contributed by atoms with Crippen molar-refractivity contribution < 1.29 is 13.5 Å². The van der Waals surface area contributed by atoms with E-state index in [1.807, 2.05) is 4.90 Å². The number of phenolic OH excluding ortho intramolecular Hbond substituents is 1. The molecule has 0 spiro atoms. The lowest BCUT2D eigenvalue weighted by Gasteiger charge is -2.18. The van der Waals surface area contributed by atoms with Gasteiger partial charge in [-0.1, -0.05) is 24.3 Å². The summed E-state index contributed by atoms with van der Waals surface area (Å²) >= 11 is 0. The molecule has 0 saturated carbocycles. The average molecular weight is 281 g/mol. The van der Waals surface area contributed by atoms with Gasteiger partial charge in [0.25, 0.3) is 0 Å². The Kier molecular flexibility index (Phi) is 5.79. The van der Waals surface area contributed by atoms with Crippen LogP contribution in [0, 0.1) is 0 Å². The van der Waals surface area contributed by atoms with E-state index in [0.717, 1.165) is 0 Å². The zero-order chi connectivity index (χ0) is 14.3. The number of sulfone groups is 1. The van der Waals surface area contributed by atoms with Crippen LogP contribution in [0.2, 0.25) is 0 Å². The van der Waals surface area contributed by atoms with Gasteiger partial charge in [0, 0.05) is 19.6 Å². The van der Waals surface area contributed by atoms with Crippen molar-refractivity contribution in [1.82, 2.24) is 4.90 Å². The molecule has 5 heteroatoms. The van der Waals surface area contributed by atoms with Gasteiger partial charge in [-0.05, 0) is 12.1 Å². The second kappa shape index (κ2) is 7.11. The Bertz CT molecular complexity index is 527. The molecule has 4 nitrogen and oxygen atoms in total. The van der Waals surface area contributed by atoms with Crippen LogP contribution in [0.3, 0.4) is 0 Å². The molecule has 1 aromatic rings. The van der Waals surface area contributed by atoms with Crippen LogP contribution in [0.25, 0.3) is 0 Å². The third kappa shape index (κ3) is 4.54. The lowest BCUT2D eigenvalue weighted by molar-refractivity contribution is 0.355. The third-order valence-corrected chi connectivity index (χ3v) is 4.39. The smallest absolute Gasteiger partial charge is 0.183 e. The molecule has 104 valence electrons. The molecular weight excluding hydrogens is 262 g/mol. The van der Waals surface area contributed by atoms with Crippen LogP contribution >= 0.6 is 0 Å². The Morgan fingerprint density at radius 1 is 1.16 bits per heavy atom. The largest absolute Gasteiger partial charge is 0.507 e. The Morgan fingerprint density at radius 3 is 2.26 bits per heavy atom. The first kappa shape index (κ1) is 15.5. The zero-order valence-electron chi connectivity index (χ0n) is 10.8. The topological polar surface area (TPSA) is 57.6 Å². The van der Waals surface area contributed by atoms with Crippen LogP contribution in [-0.4, -0.2) is 43.8 Å². The summed E-state index contributed by atoms with van der Waals surface area (Å²) < 4.78 is 24.3. The summed E-state index contributed by atoms with van der Waals surface area (Å²) in [6, 6.07) is 5.97. The van der Waals surface area contributed by atoms with E-state index in [2.05, 4.69) is 13.2 Å². The van der Waals surface area contributed by atoms with E-state index >= 15 is 0 Å². The Morgan fingerprint density at radius 2 is 1.74 bits per heavy atom. The summed E-state index contributed by atoms with van der Waals surface area (Å²) in [6.07, 6.45) is 3.44. The number of rotatable bonds is 8. The van der Waals surface area contributed by atoms with E-state index < -0.39 is 9.84 Å². The minimum absolute atomic E-state index is 0.0212. The fourth-order valence-electron chi connectivity index (χ4n) is 1.70. The molecule has 1 aromatic carbocycles. The van der Waals surface area contributed by atoms with Crippen LogP contribution in [0.1, 0.15) is 0 Å². The summed E-state index contributed by atoms with van der Waals surface area (Å²) in [6.45, 7) is 8.84. The highest BCUT2D eigenvalue weighted by Crippen LogP contribution is 2.22. The van der Waals surface area contributed by atoms with Gasteiger partial charge in [0.15, 0.2) is 9.84 Å². The molecule has 0 fully saturated rings. The van der Waals surface area contributed by atoms with Crippen LogP contribution in [-0.2, 0) is 9.84 Å². The minimum Gasteiger partial charge on any atom is -0.507 e. The van der Waals surface area contributed by atoms with E-state index in [0.29, 0.717) is 19.6 Å². The quantitative estimate of drug-likeness (QED) is 0.739. The summed E-state index contributed by atoms with van der Waals surface area (Å²) in [4.78, 5) is 1.89. The van der Waals surface area contributed by atoms with Gasteiger partial charge in [0.1, 0.15) is 10.6 Å². The molecule has 0 aromatic heterocycles.